The lowest BCUT2D eigenvalue weighted by Crippen LogP contribution is -2.15. The van der Waals surface area contributed by atoms with Gasteiger partial charge in [-0.1, -0.05) is 30.3 Å². The van der Waals surface area contributed by atoms with Gasteiger partial charge in [-0.2, -0.15) is 0 Å². The van der Waals surface area contributed by atoms with Gasteiger partial charge in [-0.25, -0.2) is 0 Å². The van der Waals surface area contributed by atoms with Crippen molar-refractivity contribution in [2.45, 2.75) is 6.61 Å². The van der Waals surface area contributed by atoms with Crippen LogP contribution in [-0.2, 0) is 11.3 Å². The fourth-order valence-corrected chi connectivity index (χ4v) is 2.99. The van der Waals surface area contributed by atoms with Gasteiger partial charge >= 0.3 is 0 Å². The summed E-state index contributed by atoms with van der Waals surface area (Å²) in [5, 5.41) is 5.64. The highest BCUT2D eigenvalue weighted by Crippen LogP contribution is 2.37. The van der Waals surface area contributed by atoms with E-state index in [1.165, 1.54) is 14.2 Å². The summed E-state index contributed by atoms with van der Waals surface area (Å²) >= 11 is 0. The number of hydrogen-bond donors (Lipinski definition) is 2. The number of ether oxygens (including phenoxy) is 3. The van der Waals surface area contributed by atoms with E-state index in [2.05, 4.69) is 10.6 Å². The molecule has 0 aliphatic heterocycles. The van der Waals surface area contributed by atoms with E-state index in [1.54, 1.807) is 55.6 Å². The summed E-state index contributed by atoms with van der Waals surface area (Å²) in [6, 6.07) is 19.2. The standard InChI is InChI=1S/C24H24N2O5/c1-29-15-16-9-11-18(12-10-16)24(28)26-20-14-21(30-2)19(13-22(20)31-3)25-23(27)17-7-5-4-6-8-17/h4-14H,15H2,1-3H3,(H,25,27)(H,26,28). The first-order chi connectivity index (χ1) is 15.0. The molecule has 2 amide bonds. The minimum atomic E-state index is -0.301. The number of amides is 2. The molecule has 0 radical (unpaired) electrons. The zero-order chi connectivity index (χ0) is 22.2. The smallest absolute Gasteiger partial charge is 0.255 e. The lowest BCUT2D eigenvalue weighted by molar-refractivity contribution is 0.101. The van der Waals surface area contributed by atoms with Gasteiger partial charge in [0.15, 0.2) is 0 Å². The van der Waals surface area contributed by atoms with Gasteiger partial charge in [0.05, 0.1) is 32.2 Å². The molecule has 3 aromatic carbocycles. The van der Waals surface area contributed by atoms with E-state index in [0.29, 0.717) is 40.6 Å². The lowest BCUT2D eigenvalue weighted by atomic mass is 10.1. The molecule has 7 heteroatoms. The topological polar surface area (TPSA) is 85.9 Å². The van der Waals surface area contributed by atoms with Gasteiger partial charge < -0.3 is 24.8 Å². The summed E-state index contributed by atoms with van der Waals surface area (Å²) in [6.45, 7) is 0.475. The van der Waals surface area contributed by atoms with Gasteiger partial charge in [-0.3, -0.25) is 9.59 Å². The Labute approximate surface area is 180 Å². The average Bonchev–Trinajstić information content (AvgIpc) is 2.80. The lowest BCUT2D eigenvalue weighted by Gasteiger charge is -2.16. The zero-order valence-corrected chi connectivity index (χ0v) is 17.6. The number of anilines is 2. The van der Waals surface area contributed by atoms with Crippen LogP contribution in [0.4, 0.5) is 11.4 Å². The number of carbonyl (C=O) groups is 2. The molecule has 2 N–H and O–H groups in total. The highest BCUT2D eigenvalue weighted by Gasteiger charge is 2.17. The van der Waals surface area contributed by atoms with Crippen molar-refractivity contribution in [3.63, 3.8) is 0 Å². The molecule has 0 atom stereocenters. The number of carbonyl (C=O) groups excluding carboxylic acids is 2. The average molecular weight is 420 g/mol. The second kappa shape index (κ2) is 10.3. The normalized spacial score (nSPS) is 10.3. The van der Waals surface area contributed by atoms with Crippen LogP contribution in [0.3, 0.4) is 0 Å². The van der Waals surface area contributed by atoms with E-state index in [9.17, 15) is 9.59 Å². The SMILES string of the molecule is COCc1ccc(C(=O)Nc2cc(OC)c(NC(=O)c3ccccc3)cc2OC)cc1. The summed E-state index contributed by atoms with van der Waals surface area (Å²) in [5.41, 5.74) is 2.81. The first kappa shape index (κ1) is 21.9. The van der Waals surface area contributed by atoms with Crippen LogP contribution in [0, 0.1) is 0 Å². The Kier molecular flexibility index (Phi) is 7.24. The van der Waals surface area contributed by atoms with Crippen molar-refractivity contribution >= 4 is 23.2 Å². The quantitative estimate of drug-likeness (QED) is 0.566. The van der Waals surface area contributed by atoms with Crippen LogP contribution in [-0.4, -0.2) is 33.1 Å². The summed E-state index contributed by atoms with van der Waals surface area (Å²) < 4.78 is 15.9. The third-order valence-corrected chi connectivity index (χ3v) is 4.58. The van der Waals surface area contributed by atoms with E-state index >= 15 is 0 Å². The van der Waals surface area contributed by atoms with E-state index in [4.69, 9.17) is 14.2 Å². The maximum Gasteiger partial charge on any atom is 0.255 e. The number of rotatable bonds is 8. The Morgan fingerprint density at radius 3 is 1.65 bits per heavy atom. The molecule has 0 heterocycles. The van der Waals surface area contributed by atoms with Crippen molar-refractivity contribution in [1.29, 1.82) is 0 Å². The van der Waals surface area contributed by atoms with Gasteiger partial charge in [0.2, 0.25) is 0 Å². The molecule has 0 aliphatic carbocycles. The summed E-state index contributed by atoms with van der Waals surface area (Å²) in [5.74, 6) is 0.184. The number of benzene rings is 3. The first-order valence-corrected chi connectivity index (χ1v) is 9.57. The number of nitrogens with one attached hydrogen (secondary N) is 2. The van der Waals surface area contributed by atoms with Crippen LogP contribution >= 0.6 is 0 Å². The van der Waals surface area contributed by atoms with Crippen LogP contribution in [0.15, 0.2) is 66.7 Å². The van der Waals surface area contributed by atoms with E-state index < -0.39 is 0 Å². The van der Waals surface area contributed by atoms with Crippen molar-refractivity contribution in [3.8, 4) is 11.5 Å². The van der Waals surface area contributed by atoms with Gasteiger partial charge in [0.25, 0.3) is 11.8 Å². The van der Waals surface area contributed by atoms with Crippen molar-refractivity contribution in [2.24, 2.45) is 0 Å². The van der Waals surface area contributed by atoms with Gasteiger partial charge in [0.1, 0.15) is 11.5 Å². The maximum absolute atomic E-state index is 12.7. The minimum absolute atomic E-state index is 0.283. The molecule has 3 rings (SSSR count). The molecule has 0 aliphatic rings. The van der Waals surface area contributed by atoms with Gasteiger partial charge in [-0.15, -0.1) is 0 Å². The molecule has 0 fully saturated rings. The molecule has 0 aromatic heterocycles. The second-order valence-corrected chi connectivity index (χ2v) is 6.66. The molecule has 0 spiro atoms. The first-order valence-electron chi connectivity index (χ1n) is 9.57. The van der Waals surface area contributed by atoms with E-state index in [-0.39, 0.29) is 11.8 Å². The largest absolute Gasteiger partial charge is 0.494 e. The third kappa shape index (κ3) is 5.40. The molecule has 0 saturated carbocycles. The molecule has 7 nitrogen and oxygen atoms in total. The van der Waals surface area contributed by atoms with E-state index in [0.717, 1.165) is 5.56 Å². The fourth-order valence-electron chi connectivity index (χ4n) is 2.99. The Morgan fingerprint density at radius 2 is 1.19 bits per heavy atom. The van der Waals surface area contributed by atoms with Gasteiger partial charge in [0, 0.05) is 30.4 Å². The molecule has 0 unspecified atom stereocenters. The highest BCUT2D eigenvalue weighted by molar-refractivity contribution is 6.07. The molecule has 3 aromatic rings. The summed E-state index contributed by atoms with van der Waals surface area (Å²) in [6.07, 6.45) is 0. The van der Waals surface area contributed by atoms with Crippen LogP contribution in [0.1, 0.15) is 26.3 Å². The monoisotopic (exact) mass is 420 g/mol. The fraction of sp³-hybridized carbons (Fsp3) is 0.167. The van der Waals surface area contributed by atoms with E-state index in [1.807, 2.05) is 18.2 Å². The van der Waals surface area contributed by atoms with Crippen molar-refractivity contribution in [3.05, 3.63) is 83.4 Å². The predicted molar refractivity (Wildman–Crippen MR) is 119 cm³/mol. The number of methoxy groups -OCH3 is 3. The minimum Gasteiger partial charge on any atom is -0.494 e. The third-order valence-electron chi connectivity index (χ3n) is 4.58. The second-order valence-electron chi connectivity index (χ2n) is 6.66. The van der Waals surface area contributed by atoms with Gasteiger partial charge in [-0.05, 0) is 29.8 Å². The van der Waals surface area contributed by atoms with Crippen molar-refractivity contribution in [1.82, 2.24) is 0 Å². The Hall–Kier alpha value is -3.84. The van der Waals surface area contributed by atoms with Crippen molar-refractivity contribution < 1.29 is 23.8 Å². The Bertz CT molecular complexity index is 1050. The zero-order valence-electron chi connectivity index (χ0n) is 17.6. The molecule has 0 saturated heterocycles. The predicted octanol–water partition coefficient (Wildman–Crippen LogP) is 4.35. The molecule has 160 valence electrons. The summed E-state index contributed by atoms with van der Waals surface area (Å²) in [7, 11) is 4.59. The van der Waals surface area contributed by atoms with Crippen LogP contribution in [0.25, 0.3) is 0 Å². The van der Waals surface area contributed by atoms with Crippen molar-refractivity contribution in [2.75, 3.05) is 32.0 Å². The van der Waals surface area contributed by atoms with Crippen LogP contribution in [0.2, 0.25) is 0 Å². The Balaban J connectivity index is 1.82. The maximum atomic E-state index is 12.7. The molecular formula is C24H24N2O5. The molecular weight excluding hydrogens is 396 g/mol. The Morgan fingerprint density at radius 1 is 0.710 bits per heavy atom. The van der Waals surface area contributed by atoms with Crippen LogP contribution < -0.4 is 20.1 Å². The highest BCUT2D eigenvalue weighted by atomic mass is 16.5. The molecule has 31 heavy (non-hydrogen) atoms. The summed E-state index contributed by atoms with van der Waals surface area (Å²) in [4.78, 5) is 25.2. The number of hydrogen-bond acceptors (Lipinski definition) is 5. The van der Waals surface area contributed by atoms with Crippen LogP contribution in [0.5, 0.6) is 11.5 Å². The molecule has 0 bridgehead atoms.